The van der Waals surface area contributed by atoms with Crippen LogP contribution in [0.4, 0.5) is 0 Å². The van der Waals surface area contributed by atoms with Gasteiger partial charge in [-0.05, 0) is 35.6 Å². The number of aliphatic hydroxyl groups excluding tert-OH is 1. The number of β-amino-alcohol motifs (C(OH)–C–C–N with tert-alkyl or cyclic N) is 1. The number of thiophene rings is 1. The Balaban J connectivity index is 1.59. The third kappa shape index (κ3) is 3.49. The molecule has 2 aromatic heterocycles. The van der Waals surface area contributed by atoms with Crippen molar-refractivity contribution in [1.29, 1.82) is 0 Å². The molecule has 110 valence electrons. The molecule has 0 saturated carbocycles. The summed E-state index contributed by atoms with van der Waals surface area (Å²) in [6, 6.07) is 7.85. The van der Waals surface area contributed by atoms with Gasteiger partial charge in [0.05, 0.1) is 12.5 Å². The van der Waals surface area contributed by atoms with Gasteiger partial charge in [-0.2, -0.15) is 0 Å². The number of amides is 1. The summed E-state index contributed by atoms with van der Waals surface area (Å²) < 4.78 is 0. The molecule has 0 radical (unpaired) electrons. The first-order chi connectivity index (χ1) is 10.2. The van der Waals surface area contributed by atoms with Gasteiger partial charge >= 0.3 is 0 Å². The van der Waals surface area contributed by atoms with Gasteiger partial charge < -0.3 is 10.0 Å². The third-order valence-electron chi connectivity index (χ3n) is 3.91. The van der Waals surface area contributed by atoms with Crippen LogP contribution in [-0.2, 0) is 17.6 Å². The zero-order chi connectivity index (χ0) is 14.7. The lowest BCUT2D eigenvalue weighted by atomic mass is 9.97. The number of likely N-dealkylation sites (tertiary alicyclic amines) is 1. The van der Waals surface area contributed by atoms with Gasteiger partial charge in [-0.3, -0.25) is 9.78 Å². The maximum absolute atomic E-state index is 12.3. The van der Waals surface area contributed by atoms with Gasteiger partial charge in [0.1, 0.15) is 0 Å². The number of pyridine rings is 1. The Morgan fingerprint density at radius 2 is 2.14 bits per heavy atom. The smallest absolute Gasteiger partial charge is 0.227 e. The number of carbonyl (C=O) groups excluding carboxylic acids is 1. The Morgan fingerprint density at radius 1 is 1.33 bits per heavy atom. The van der Waals surface area contributed by atoms with E-state index in [1.165, 1.54) is 0 Å². The second-order valence-electron chi connectivity index (χ2n) is 5.44. The molecule has 1 fully saturated rings. The lowest BCUT2D eigenvalue weighted by Crippen LogP contribution is -2.30. The molecule has 0 aliphatic carbocycles. The SMILES string of the molecule is O=C(Cc1cccs1)N1C[C@@H](Cc2ccncc2)[C@@H](O)C1. The van der Waals surface area contributed by atoms with Gasteiger partial charge in [-0.1, -0.05) is 6.07 Å². The molecule has 1 aliphatic rings. The summed E-state index contributed by atoms with van der Waals surface area (Å²) in [6.45, 7) is 1.08. The van der Waals surface area contributed by atoms with Crippen LogP contribution in [-0.4, -0.2) is 40.1 Å². The van der Waals surface area contributed by atoms with Crippen molar-refractivity contribution < 1.29 is 9.90 Å². The Kier molecular flexibility index (Phi) is 4.31. The number of hydrogen-bond donors (Lipinski definition) is 1. The molecule has 1 amide bonds. The number of aliphatic hydroxyl groups is 1. The van der Waals surface area contributed by atoms with Crippen molar-refractivity contribution in [1.82, 2.24) is 9.88 Å². The number of aromatic nitrogens is 1. The molecule has 21 heavy (non-hydrogen) atoms. The molecule has 5 heteroatoms. The van der Waals surface area contributed by atoms with Crippen molar-refractivity contribution in [3.05, 3.63) is 52.5 Å². The topological polar surface area (TPSA) is 53.4 Å². The first kappa shape index (κ1) is 14.2. The van der Waals surface area contributed by atoms with Crippen LogP contribution in [0.25, 0.3) is 0 Å². The van der Waals surface area contributed by atoms with E-state index in [2.05, 4.69) is 4.98 Å². The fraction of sp³-hybridized carbons (Fsp3) is 0.375. The van der Waals surface area contributed by atoms with Crippen molar-refractivity contribution in [2.24, 2.45) is 5.92 Å². The summed E-state index contributed by atoms with van der Waals surface area (Å²) in [4.78, 5) is 19.1. The number of nitrogens with zero attached hydrogens (tertiary/aromatic N) is 2. The van der Waals surface area contributed by atoms with Crippen LogP contribution >= 0.6 is 11.3 Å². The number of carbonyl (C=O) groups is 1. The Bertz CT molecular complexity index is 586. The molecule has 1 N–H and O–H groups in total. The van der Waals surface area contributed by atoms with Crippen LogP contribution < -0.4 is 0 Å². The van der Waals surface area contributed by atoms with Crippen molar-refractivity contribution in [2.45, 2.75) is 18.9 Å². The van der Waals surface area contributed by atoms with Gasteiger partial charge in [0.25, 0.3) is 0 Å². The summed E-state index contributed by atoms with van der Waals surface area (Å²) in [5.41, 5.74) is 1.15. The van der Waals surface area contributed by atoms with Crippen molar-refractivity contribution in [3.63, 3.8) is 0 Å². The highest BCUT2D eigenvalue weighted by molar-refractivity contribution is 7.10. The molecule has 0 unspecified atom stereocenters. The Labute approximate surface area is 128 Å². The van der Waals surface area contributed by atoms with Crippen LogP contribution in [0.2, 0.25) is 0 Å². The molecule has 3 rings (SSSR count). The Hall–Kier alpha value is -1.72. The highest BCUT2D eigenvalue weighted by Crippen LogP contribution is 2.22. The molecule has 3 heterocycles. The lowest BCUT2D eigenvalue weighted by molar-refractivity contribution is -0.129. The minimum absolute atomic E-state index is 0.105. The molecular weight excluding hydrogens is 284 g/mol. The van der Waals surface area contributed by atoms with Crippen LogP contribution in [0.3, 0.4) is 0 Å². The van der Waals surface area contributed by atoms with Crippen LogP contribution in [0.5, 0.6) is 0 Å². The minimum atomic E-state index is -0.439. The second-order valence-corrected chi connectivity index (χ2v) is 6.47. The van der Waals surface area contributed by atoms with Crippen LogP contribution in [0.15, 0.2) is 42.0 Å². The molecule has 1 saturated heterocycles. The van der Waals surface area contributed by atoms with Gasteiger partial charge in [-0.15, -0.1) is 11.3 Å². The molecule has 4 nitrogen and oxygen atoms in total. The second kappa shape index (κ2) is 6.37. The van der Waals surface area contributed by atoms with Crippen molar-refractivity contribution in [2.75, 3.05) is 13.1 Å². The van der Waals surface area contributed by atoms with Gasteiger partial charge in [0, 0.05) is 36.3 Å². The molecule has 0 bridgehead atoms. The summed E-state index contributed by atoms with van der Waals surface area (Å²) in [5, 5.41) is 12.2. The standard InChI is InChI=1S/C16H18N2O2S/c19-15-11-18(16(20)9-14-2-1-7-21-14)10-13(15)8-12-3-5-17-6-4-12/h1-7,13,15,19H,8-11H2/t13-,15+/m1/s1. The van der Waals surface area contributed by atoms with E-state index in [0.29, 0.717) is 19.5 Å². The quantitative estimate of drug-likeness (QED) is 0.936. The van der Waals surface area contributed by atoms with Crippen molar-refractivity contribution >= 4 is 17.2 Å². The molecule has 2 aromatic rings. The van der Waals surface area contributed by atoms with Gasteiger partial charge in [0.2, 0.25) is 5.91 Å². The molecular formula is C16H18N2O2S. The fourth-order valence-electron chi connectivity index (χ4n) is 2.75. The van der Waals surface area contributed by atoms with Gasteiger partial charge in [0.15, 0.2) is 0 Å². The fourth-order valence-corrected chi connectivity index (χ4v) is 3.45. The zero-order valence-electron chi connectivity index (χ0n) is 11.7. The highest BCUT2D eigenvalue weighted by atomic mass is 32.1. The highest BCUT2D eigenvalue weighted by Gasteiger charge is 2.33. The van der Waals surface area contributed by atoms with E-state index in [9.17, 15) is 9.90 Å². The van der Waals surface area contributed by atoms with Crippen LogP contribution in [0.1, 0.15) is 10.4 Å². The van der Waals surface area contributed by atoms with E-state index in [4.69, 9.17) is 0 Å². The first-order valence-corrected chi connectivity index (χ1v) is 7.97. The number of hydrogen-bond acceptors (Lipinski definition) is 4. The third-order valence-corrected chi connectivity index (χ3v) is 4.79. The summed E-state index contributed by atoms with van der Waals surface area (Å²) in [6.07, 6.45) is 4.30. The maximum Gasteiger partial charge on any atom is 0.227 e. The molecule has 1 aliphatic heterocycles. The molecule has 2 atom stereocenters. The van der Waals surface area contributed by atoms with E-state index in [0.717, 1.165) is 16.9 Å². The molecule has 0 aromatic carbocycles. The first-order valence-electron chi connectivity index (χ1n) is 7.09. The average Bonchev–Trinajstić information content (AvgIpc) is 3.11. The normalized spacial score (nSPS) is 21.7. The average molecular weight is 302 g/mol. The van der Waals surface area contributed by atoms with E-state index in [1.54, 1.807) is 28.6 Å². The Morgan fingerprint density at radius 3 is 2.86 bits per heavy atom. The van der Waals surface area contributed by atoms with E-state index in [-0.39, 0.29) is 11.8 Å². The minimum Gasteiger partial charge on any atom is -0.391 e. The molecule has 0 spiro atoms. The summed E-state index contributed by atoms with van der Waals surface area (Å²) in [7, 11) is 0. The van der Waals surface area contributed by atoms with E-state index in [1.807, 2.05) is 29.6 Å². The van der Waals surface area contributed by atoms with E-state index < -0.39 is 6.10 Å². The van der Waals surface area contributed by atoms with E-state index >= 15 is 0 Å². The maximum atomic E-state index is 12.3. The predicted octanol–water partition coefficient (Wildman–Crippen LogP) is 1.75. The van der Waals surface area contributed by atoms with Crippen LogP contribution in [0, 0.1) is 5.92 Å². The monoisotopic (exact) mass is 302 g/mol. The largest absolute Gasteiger partial charge is 0.391 e. The van der Waals surface area contributed by atoms with Crippen molar-refractivity contribution in [3.8, 4) is 0 Å². The number of rotatable bonds is 4. The lowest BCUT2D eigenvalue weighted by Gasteiger charge is -2.15. The predicted molar refractivity (Wildman–Crippen MR) is 82.0 cm³/mol. The zero-order valence-corrected chi connectivity index (χ0v) is 12.5. The summed E-state index contributed by atoms with van der Waals surface area (Å²) in [5.74, 6) is 0.216. The summed E-state index contributed by atoms with van der Waals surface area (Å²) >= 11 is 1.60. The van der Waals surface area contributed by atoms with Gasteiger partial charge in [-0.25, -0.2) is 0 Å².